The van der Waals surface area contributed by atoms with Crippen molar-refractivity contribution in [1.82, 2.24) is 10.0 Å². The molecule has 1 aromatic carbocycles. The monoisotopic (exact) mass is 356 g/mol. The van der Waals surface area contributed by atoms with Crippen LogP contribution in [-0.2, 0) is 16.6 Å². The van der Waals surface area contributed by atoms with E-state index in [1.807, 2.05) is 13.2 Å². The van der Waals surface area contributed by atoms with Gasteiger partial charge in [0.1, 0.15) is 4.90 Å². The Labute approximate surface area is 134 Å². The molecule has 2 N–H and O–H groups in total. The first-order chi connectivity index (χ1) is 9.42. The fourth-order valence-corrected chi connectivity index (χ4v) is 3.86. The molecule has 0 aliphatic rings. The molecular weight excluding hydrogens is 339 g/mol. The summed E-state index contributed by atoms with van der Waals surface area (Å²) in [6.45, 7) is 3.60. The number of halogens is 2. The maximum atomic E-state index is 12.2. The summed E-state index contributed by atoms with van der Waals surface area (Å²) in [6, 6.07) is 2.99. The molecule has 0 radical (unpaired) electrons. The van der Waals surface area contributed by atoms with E-state index >= 15 is 0 Å². The third kappa shape index (κ3) is 5.09. The zero-order valence-electron chi connectivity index (χ0n) is 11.4. The first-order valence-corrected chi connectivity index (χ1v) is 9.73. The summed E-state index contributed by atoms with van der Waals surface area (Å²) in [5.41, 5.74) is 0.711. The minimum absolute atomic E-state index is 0.0672. The molecule has 1 aromatic rings. The van der Waals surface area contributed by atoms with Crippen LogP contribution in [0.5, 0.6) is 0 Å². The Morgan fingerprint density at radius 2 is 1.95 bits per heavy atom. The predicted octanol–water partition coefficient (Wildman–Crippen LogP) is 2.74. The van der Waals surface area contributed by atoms with Crippen LogP contribution in [0.2, 0.25) is 10.0 Å². The summed E-state index contributed by atoms with van der Waals surface area (Å²) < 4.78 is 26.9. The number of nitrogens with one attached hydrogen (secondary N) is 2. The second-order valence-electron chi connectivity index (χ2n) is 4.04. The predicted molar refractivity (Wildman–Crippen MR) is 87.4 cm³/mol. The van der Waals surface area contributed by atoms with Gasteiger partial charge in [-0.05, 0) is 30.5 Å². The zero-order valence-corrected chi connectivity index (χ0v) is 14.5. The summed E-state index contributed by atoms with van der Waals surface area (Å²) in [7, 11) is -3.61. The molecule has 114 valence electrons. The molecule has 0 spiro atoms. The highest BCUT2D eigenvalue weighted by atomic mass is 35.5. The molecular formula is C12H18Cl2N2O2S2. The van der Waals surface area contributed by atoms with Crippen molar-refractivity contribution < 1.29 is 8.42 Å². The van der Waals surface area contributed by atoms with Crippen LogP contribution in [0.3, 0.4) is 0 Å². The Balaban J connectivity index is 3.04. The van der Waals surface area contributed by atoms with Crippen LogP contribution in [0.1, 0.15) is 12.5 Å². The van der Waals surface area contributed by atoms with Crippen molar-refractivity contribution in [3.05, 3.63) is 27.7 Å². The second kappa shape index (κ2) is 8.46. The first-order valence-electron chi connectivity index (χ1n) is 6.09. The van der Waals surface area contributed by atoms with E-state index < -0.39 is 10.0 Å². The van der Waals surface area contributed by atoms with Gasteiger partial charge in [0.2, 0.25) is 10.0 Å². The second-order valence-corrected chi connectivity index (χ2v) is 7.58. The van der Waals surface area contributed by atoms with E-state index in [2.05, 4.69) is 10.0 Å². The summed E-state index contributed by atoms with van der Waals surface area (Å²) in [5.74, 6) is 0.703. The SMILES string of the molecule is CCNCc1cc(S(=O)(=O)NCCSC)c(Cl)cc1Cl. The number of sulfonamides is 1. The quantitative estimate of drug-likeness (QED) is 0.703. The minimum Gasteiger partial charge on any atom is -0.313 e. The van der Waals surface area contributed by atoms with Gasteiger partial charge in [0, 0.05) is 23.9 Å². The highest BCUT2D eigenvalue weighted by molar-refractivity contribution is 7.98. The first kappa shape index (κ1) is 18.1. The number of hydrogen-bond acceptors (Lipinski definition) is 4. The fourth-order valence-electron chi connectivity index (χ4n) is 1.53. The lowest BCUT2D eigenvalue weighted by Crippen LogP contribution is -2.26. The normalized spacial score (nSPS) is 11.8. The Morgan fingerprint density at radius 1 is 1.25 bits per heavy atom. The van der Waals surface area contributed by atoms with Crippen molar-refractivity contribution >= 4 is 45.0 Å². The van der Waals surface area contributed by atoms with Crippen molar-refractivity contribution in [3.8, 4) is 0 Å². The van der Waals surface area contributed by atoms with Crippen LogP contribution in [0.4, 0.5) is 0 Å². The van der Waals surface area contributed by atoms with Gasteiger partial charge in [0.25, 0.3) is 0 Å². The Kier molecular flexibility index (Phi) is 7.64. The molecule has 1 rings (SSSR count). The van der Waals surface area contributed by atoms with Gasteiger partial charge in [-0.1, -0.05) is 30.1 Å². The molecule has 0 atom stereocenters. The molecule has 8 heteroatoms. The molecule has 0 aliphatic heterocycles. The van der Waals surface area contributed by atoms with E-state index in [-0.39, 0.29) is 9.92 Å². The molecule has 0 saturated carbocycles. The van der Waals surface area contributed by atoms with Crippen LogP contribution in [0.25, 0.3) is 0 Å². The van der Waals surface area contributed by atoms with Crippen molar-refractivity contribution in [2.75, 3.05) is 25.1 Å². The van der Waals surface area contributed by atoms with E-state index in [1.54, 1.807) is 11.8 Å². The molecule has 0 bridgehead atoms. The van der Waals surface area contributed by atoms with Gasteiger partial charge in [0.05, 0.1) is 5.02 Å². The summed E-state index contributed by atoms with van der Waals surface area (Å²) >= 11 is 13.6. The molecule has 0 aliphatic carbocycles. The van der Waals surface area contributed by atoms with E-state index in [4.69, 9.17) is 23.2 Å². The van der Waals surface area contributed by atoms with Gasteiger partial charge < -0.3 is 5.32 Å². The zero-order chi connectivity index (χ0) is 15.2. The summed E-state index contributed by atoms with van der Waals surface area (Å²) in [4.78, 5) is 0.0672. The molecule has 0 fully saturated rings. The maximum Gasteiger partial charge on any atom is 0.242 e. The maximum absolute atomic E-state index is 12.2. The smallest absolute Gasteiger partial charge is 0.242 e. The third-order valence-corrected chi connectivity index (χ3v) is 5.44. The van der Waals surface area contributed by atoms with Crippen molar-refractivity contribution in [1.29, 1.82) is 0 Å². The highest BCUT2D eigenvalue weighted by Gasteiger charge is 2.19. The highest BCUT2D eigenvalue weighted by Crippen LogP contribution is 2.28. The van der Waals surface area contributed by atoms with Gasteiger partial charge in [-0.15, -0.1) is 0 Å². The average molecular weight is 357 g/mol. The van der Waals surface area contributed by atoms with Crippen molar-refractivity contribution in [2.45, 2.75) is 18.4 Å². The van der Waals surface area contributed by atoms with Crippen LogP contribution in [-0.4, -0.2) is 33.5 Å². The Hall–Kier alpha value is 0.0200. The molecule has 0 heterocycles. The third-order valence-electron chi connectivity index (χ3n) is 2.55. The average Bonchev–Trinajstić information content (AvgIpc) is 2.37. The molecule has 0 unspecified atom stereocenters. The van der Waals surface area contributed by atoms with Crippen LogP contribution < -0.4 is 10.0 Å². The van der Waals surface area contributed by atoms with Gasteiger partial charge in [-0.25, -0.2) is 13.1 Å². The lowest BCUT2D eigenvalue weighted by molar-refractivity contribution is 0.584. The minimum atomic E-state index is -3.61. The fraction of sp³-hybridized carbons (Fsp3) is 0.500. The van der Waals surface area contributed by atoms with Crippen molar-refractivity contribution in [3.63, 3.8) is 0 Å². The molecule has 0 amide bonds. The molecule has 0 aromatic heterocycles. The topological polar surface area (TPSA) is 58.2 Å². The number of thioether (sulfide) groups is 1. The lowest BCUT2D eigenvalue weighted by atomic mass is 10.2. The largest absolute Gasteiger partial charge is 0.313 e. The number of rotatable bonds is 8. The van der Waals surface area contributed by atoms with E-state index in [0.717, 1.165) is 6.54 Å². The summed E-state index contributed by atoms with van der Waals surface area (Å²) in [6.07, 6.45) is 1.91. The van der Waals surface area contributed by atoms with Crippen LogP contribution in [0.15, 0.2) is 17.0 Å². The number of hydrogen-bond donors (Lipinski definition) is 2. The van der Waals surface area contributed by atoms with E-state index in [1.165, 1.54) is 12.1 Å². The lowest BCUT2D eigenvalue weighted by Gasteiger charge is -2.12. The van der Waals surface area contributed by atoms with Crippen molar-refractivity contribution in [2.24, 2.45) is 0 Å². The van der Waals surface area contributed by atoms with Crippen LogP contribution >= 0.6 is 35.0 Å². The van der Waals surface area contributed by atoms with Gasteiger partial charge in [-0.2, -0.15) is 11.8 Å². The van der Waals surface area contributed by atoms with E-state index in [9.17, 15) is 8.42 Å². The number of benzene rings is 1. The van der Waals surface area contributed by atoms with Gasteiger partial charge >= 0.3 is 0 Å². The van der Waals surface area contributed by atoms with Gasteiger partial charge in [0.15, 0.2) is 0 Å². The van der Waals surface area contributed by atoms with E-state index in [0.29, 0.717) is 29.4 Å². The molecule has 4 nitrogen and oxygen atoms in total. The van der Waals surface area contributed by atoms with Gasteiger partial charge in [-0.3, -0.25) is 0 Å². The standard InChI is InChI=1S/C12H18Cl2N2O2S2/c1-3-15-8-9-6-12(11(14)7-10(9)13)20(17,18)16-4-5-19-2/h6-7,15-16H,3-5,8H2,1-2H3. The Bertz CT molecular complexity index is 551. The van der Waals surface area contributed by atoms with Crippen LogP contribution in [0, 0.1) is 0 Å². The Morgan fingerprint density at radius 3 is 2.55 bits per heavy atom. The summed E-state index contributed by atoms with van der Waals surface area (Å²) in [5, 5.41) is 3.70. The molecule has 20 heavy (non-hydrogen) atoms. The molecule has 0 saturated heterocycles.